The van der Waals surface area contributed by atoms with Crippen molar-refractivity contribution in [1.29, 1.82) is 0 Å². The molecule has 0 saturated carbocycles. The van der Waals surface area contributed by atoms with Crippen LogP contribution in [0, 0.1) is 13.8 Å². The third-order valence-electron chi connectivity index (χ3n) is 4.71. The van der Waals surface area contributed by atoms with Crippen molar-refractivity contribution < 1.29 is 14.3 Å². The van der Waals surface area contributed by atoms with Gasteiger partial charge >= 0.3 is 0 Å². The monoisotopic (exact) mass is 408 g/mol. The predicted molar refractivity (Wildman–Crippen MR) is 115 cm³/mol. The van der Waals surface area contributed by atoms with Gasteiger partial charge in [-0.25, -0.2) is 9.99 Å². The summed E-state index contributed by atoms with van der Waals surface area (Å²) in [6.45, 7) is 3.87. The number of aromatic nitrogens is 1. The first kappa shape index (κ1) is 19.1. The van der Waals surface area contributed by atoms with Crippen molar-refractivity contribution in [2.24, 2.45) is 5.10 Å². The number of hydrazone groups is 1. The van der Waals surface area contributed by atoms with Gasteiger partial charge in [0, 0.05) is 12.8 Å². The number of nitrogens with one attached hydrogen (secondary N) is 1. The average molecular weight is 408 g/mol. The van der Waals surface area contributed by atoms with Crippen LogP contribution in [-0.4, -0.2) is 29.6 Å². The van der Waals surface area contributed by atoms with Crippen LogP contribution in [0.3, 0.4) is 0 Å². The summed E-state index contributed by atoms with van der Waals surface area (Å²) < 4.78 is 6.24. The van der Waals surface area contributed by atoms with Crippen LogP contribution in [0.15, 0.2) is 41.5 Å². The van der Waals surface area contributed by atoms with Gasteiger partial charge in [-0.2, -0.15) is 5.10 Å². The molecule has 0 spiro atoms. The van der Waals surface area contributed by atoms with Crippen molar-refractivity contribution in [3.8, 4) is 5.75 Å². The summed E-state index contributed by atoms with van der Waals surface area (Å²) in [6.07, 6.45) is 0.521. The number of aryl methyl sites for hydroxylation is 2. The minimum absolute atomic E-state index is 0.125. The second-order valence-electron chi connectivity index (χ2n) is 6.82. The van der Waals surface area contributed by atoms with Crippen molar-refractivity contribution in [2.75, 3.05) is 17.4 Å². The maximum Gasteiger partial charge on any atom is 0.273 e. The standard InChI is InChI=1S/C21H20N4O3S/c1-12-7-8-13(2)15(11-12)25-18(26)10-9-14(24-25)20(27)23-21-22-19-16(28-3)5-4-6-17(19)29-21/h4-8,11H,9-10H2,1-3H3,(H,22,23,27). The Morgan fingerprint density at radius 2 is 2.03 bits per heavy atom. The fraction of sp³-hybridized carbons (Fsp3) is 0.238. The molecule has 148 valence electrons. The molecule has 0 unspecified atom stereocenters. The second kappa shape index (κ2) is 7.63. The second-order valence-corrected chi connectivity index (χ2v) is 7.85. The molecule has 0 radical (unpaired) electrons. The first-order valence-corrected chi connectivity index (χ1v) is 10.0. The summed E-state index contributed by atoms with van der Waals surface area (Å²) in [6, 6.07) is 11.4. The van der Waals surface area contributed by atoms with Crippen LogP contribution in [-0.2, 0) is 9.59 Å². The zero-order valence-electron chi connectivity index (χ0n) is 16.4. The molecule has 2 amide bonds. The van der Waals surface area contributed by atoms with Crippen LogP contribution < -0.4 is 15.1 Å². The molecule has 4 rings (SSSR count). The highest BCUT2D eigenvalue weighted by atomic mass is 32.1. The van der Waals surface area contributed by atoms with Crippen LogP contribution >= 0.6 is 11.3 Å². The van der Waals surface area contributed by atoms with E-state index in [9.17, 15) is 9.59 Å². The molecule has 2 heterocycles. The van der Waals surface area contributed by atoms with E-state index in [-0.39, 0.29) is 18.2 Å². The summed E-state index contributed by atoms with van der Waals surface area (Å²) in [4.78, 5) is 29.7. The number of rotatable bonds is 4. The zero-order valence-corrected chi connectivity index (χ0v) is 17.2. The predicted octanol–water partition coefficient (Wildman–Crippen LogP) is 4.04. The van der Waals surface area contributed by atoms with Crippen molar-refractivity contribution in [3.63, 3.8) is 0 Å². The lowest BCUT2D eigenvalue weighted by molar-refractivity contribution is -0.118. The molecule has 1 aliphatic rings. The van der Waals surface area contributed by atoms with E-state index in [0.29, 0.717) is 34.2 Å². The lowest BCUT2D eigenvalue weighted by Crippen LogP contribution is -2.36. The fourth-order valence-corrected chi connectivity index (χ4v) is 4.04. The normalized spacial score (nSPS) is 14.1. The van der Waals surface area contributed by atoms with Gasteiger partial charge < -0.3 is 4.74 Å². The Labute approximate surface area is 172 Å². The Bertz CT molecular complexity index is 1150. The highest BCUT2D eigenvalue weighted by Crippen LogP contribution is 2.32. The van der Waals surface area contributed by atoms with E-state index in [1.165, 1.54) is 16.3 Å². The maximum absolute atomic E-state index is 12.8. The van der Waals surface area contributed by atoms with Gasteiger partial charge in [0.1, 0.15) is 17.0 Å². The fourth-order valence-electron chi connectivity index (χ4n) is 3.16. The molecule has 0 saturated heterocycles. The lowest BCUT2D eigenvalue weighted by Gasteiger charge is -2.24. The van der Waals surface area contributed by atoms with Crippen LogP contribution in [0.25, 0.3) is 10.2 Å². The highest BCUT2D eigenvalue weighted by Gasteiger charge is 2.27. The van der Waals surface area contributed by atoms with Crippen molar-refractivity contribution >= 4 is 49.9 Å². The smallest absolute Gasteiger partial charge is 0.273 e. The number of methoxy groups -OCH3 is 1. The number of benzene rings is 2. The molecule has 0 fully saturated rings. The van der Waals surface area contributed by atoms with Crippen LogP contribution in [0.2, 0.25) is 0 Å². The number of nitrogens with zero attached hydrogens (tertiary/aromatic N) is 3. The minimum Gasteiger partial charge on any atom is -0.494 e. The van der Waals surface area contributed by atoms with Crippen LogP contribution in [0.4, 0.5) is 10.8 Å². The van der Waals surface area contributed by atoms with E-state index in [1.54, 1.807) is 7.11 Å². The topological polar surface area (TPSA) is 83.9 Å². The number of para-hydroxylation sites is 1. The number of hydrogen-bond acceptors (Lipinski definition) is 6. The van der Waals surface area contributed by atoms with E-state index in [0.717, 1.165) is 15.8 Å². The zero-order chi connectivity index (χ0) is 20.5. The molecule has 2 aromatic carbocycles. The molecule has 29 heavy (non-hydrogen) atoms. The summed E-state index contributed by atoms with van der Waals surface area (Å²) in [5.74, 6) is 0.173. The SMILES string of the molecule is COc1cccc2sc(NC(=O)C3=NN(c4cc(C)ccc4C)C(=O)CC3)nc12. The number of carbonyl (C=O) groups is 2. The first-order valence-electron chi connectivity index (χ1n) is 9.19. The molecular formula is C21H20N4O3S. The number of amides is 2. The maximum atomic E-state index is 12.8. The molecule has 1 aromatic heterocycles. The quantitative estimate of drug-likeness (QED) is 0.706. The van der Waals surface area contributed by atoms with Gasteiger partial charge in [-0.1, -0.05) is 29.5 Å². The van der Waals surface area contributed by atoms with E-state index in [4.69, 9.17) is 4.74 Å². The van der Waals surface area contributed by atoms with E-state index >= 15 is 0 Å². The largest absolute Gasteiger partial charge is 0.494 e. The highest BCUT2D eigenvalue weighted by molar-refractivity contribution is 7.22. The minimum atomic E-state index is -0.356. The third-order valence-corrected chi connectivity index (χ3v) is 5.65. The molecule has 7 nitrogen and oxygen atoms in total. The molecule has 8 heteroatoms. The molecule has 0 aliphatic carbocycles. The van der Waals surface area contributed by atoms with Crippen molar-refractivity contribution in [2.45, 2.75) is 26.7 Å². The van der Waals surface area contributed by atoms with Gasteiger partial charge in [-0.05, 0) is 43.2 Å². The summed E-state index contributed by atoms with van der Waals surface area (Å²) in [5, 5.41) is 8.97. The van der Waals surface area contributed by atoms with E-state index in [2.05, 4.69) is 15.4 Å². The summed E-state index contributed by atoms with van der Waals surface area (Å²) >= 11 is 1.36. The number of anilines is 2. The Hall–Kier alpha value is -3.26. The summed E-state index contributed by atoms with van der Waals surface area (Å²) in [5.41, 5.74) is 3.65. The third kappa shape index (κ3) is 3.71. The van der Waals surface area contributed by atoms with E-state index in [1.807, 2.05) is 50.2 Å². The van der Waals surface area contributed by atoms with Crippen molar-refractivity contribution in [3.05, 3.63) is 47.5 Å². The number of hydrogen-bond donors (Lipinski definition) is 1. The number of thiazole rings is 1. The van der Waals surface area contributed by atoms with Crippen LogP contribution in [0.5, 0.6) is 5.75 Å². The molecule has 0 atom stereocenters. The van der Waals surface area contributed by atoms with Gasteiger partial charge in [-0.15, -0.1) is 0 Å². The van der Waals surface area contributed by atoms with Gasteiger partial charge in [0.25, 0.3) is 5.91 Å². The van der Waals surface area contributed by atoms with Gasteiger partial charge in [0.15, 0.2) is 5.13 Å². The van der Waals surface area contributed by atoms with Gasteiger partial charge in [-0.3, -0.25) is 14.9 Å². The number of carbonyl (C=O) groups excluding carboxylic acids is 2. The number of ether oxygens (including phenoxy) is 1. The Kier molecular flexibility index (Phi) is 5.02. The number of fused-ring (bicyclic) bond motifs is 1. The Morgan fingerprint density at radius 3 is 2.83 bits per heavy atom. The average Bonchev–Trinajstić information content (AvgIpc) is 3.12. The lowest BCUT2D eigenvalue weighted by atomic mass is 10.1. The Balaban J connectivity index is 1.61. The molecular weight excluding hydrogens is 388 g/mol. The van der Waals surface area contributed by atoms with Gasteiger partial charge in [0.2, 0.25) is 5.91 Å². The Morgan fingerprint density at radius 1 is 1.21 bits per heavy atom. The first-order chi connectivity index (χ1) is 14.0. The molecule has 1 N–H and O–H groups in total. The van der Waals surface area contributed by atoms with Crippen LogP contribution in [0.1, 0.15) is 24.0 Å². The summed E-state index contributed by atoms with van der Waals surface area (Å²) in [7, 11) is 1.59. The molecule has 1 aliphatic heterocycles. The van der Waals surface area contributed by atoms with Crippen molar-refractivity contribution in [1.82, 2.24) is 4.98 Å². The molecule has 0 bridgehead atoms. The van der Waals surface area contributed by atoms with E-state index < -0.39 is 0 Å². The van der Waals surface area contributed by atoms with Gasteiger partial charge in [0.05, 0.1) is 17.5 Å². The molecule has 3 aromatic rings.